The Morgan fingerprint density at radius 2 is 2.10 bits per heavy atom. The number of piperidine rings is 1. The second kappa shape index (κ2) is 5.71. The van der Waals surface area contributed by atoms with E-state index in [4.69, 9.17) is 5.73 Å². The number of amides is 1. The second-order valence-electron chi connectivity index (χ2n) is 5.78. The van der Waals surface area contributed by atoms with Crippen LogP contribution in [-0.4, -0.2) is 34.6 Å². The molecule has 0 saturated carbocycles. The Labute approximate surface area is 124 Å². The summed E-state index contributed by atoms with van der Waals surface area (Å²) in [7, 11) is 0. The van der Waals surface area contributed by atoms with Crippen molar-refractivity contribution in [2.75, 3.05) is 11.4 Å². The Kier molecular flexibility index (Phi) is 4.16. The predicted molar refractivity (Wildman–Crippen MR) is 79.4 cm³/mol. The number of hydrogen-bond acceptors (Lipinski definition) is 4. The third-order valence-corrected chi connectivity index (χ3v) is 4.01. The van der Waals surface area contributed by atoms with E-state index in [1.807, 2.05) is 13.8 Å². The Morgan fingerprint density at radius 1 is 1.43 bits per heavy atom. The van der Waals surface area contributed by atoms with Crippen LogP contribution in [0.25, 0.3) is 0 Å². The first-order valence-corrected chi connectivity index (χ1v) is 7.08. The first-order valence-electron chi connectivity index (χ1n) is 7.08. The molecule has 2 rings (SSSR count). The van der Waals surface area contributed by atoms with E-state index in [0.29, 0.717) is 35.8 Å². The zero-order valence-electron chi connectivity index (χ0n) is 12.6. The van der Waals surface area contributed by atoms with Crippen molar-refractivity contribution in [1.29, 1.82) is 0 Å². The molecule has 2 heterocycles. The number of aryl methyl sites for hydroxylation is 2. The molecule has 2 unspecified atom stereocenters. The van der Waals surface area contributed by atoms with E-state index >= 15 is 0 Å². The van der Waals surface area contributed by atoms with Crippen molar-refractivity contribution in [1.82, 2.24) is 4.98 Å². The van der Waals surface area contributed by atoms with Gasteiger partial charge in [-0.05, 0) is 38.7 Å². The molecule has 1 fully saturated rings. The average Bonchev–Trinajstić information content (AvgIpc) is 2.36. The van der Waals surface area contributed by atoms with Crippen molar-refractivity contribution >= 4 is 17.6 Å². The number of carbonyl (C=O) groups is 2. The molecule has 0 bridgehead atoms. The standard InChI is InChI=1S/C15H21N3O3/c1-8-4-5-18(12(6-8)15(20)21)11-7-9(2)17-10(3)13(11)14(16)19/h7-8,12H,4-6H2,1-3H3,(H2,16,19)(H,20,21). The van der Waals surface area contributed by atoms with Crippen molar-refractivity contribution in [2.45, 2.75) is 39.7 Å². The van der Waals surface area contributed by atoms with Crippen molar-refractivity contribution in [3.05, 3.63) is 23.0 Å². The number of carbonyl (C=O) groups excluding carboxylic acids is 1. The monoisotopic (exact) mass is 291 g/mol. The number of carboxylic acids is 1. The first kappa shape index (κ1) is 15.3. The molecule has 1 aliphatic rings. The van der Waals surface area contributed by atoms with Crippen molar-refractivity contribution in [2.24, 2.45) is 11.7 Å². The first-order chi connectivity index (χ1) is 9.81. The van der Waals surface area contributed by atoms with Gasteiger partial charge in [-0.1, -0.05) is 6.92 Å². The van der Waals surface area contributed by atoms with Crippen LogP contribution in [0.5, 0.6) is 0 Å². The molecular formula is C15H21N3O3. The molecule has 6 nitrogen and oxygen atoms in total. The fourth-order valence-corrected chi connectivity index (χ4v) is 3.00. The predicted octanol–water partition coefficient (Wildman–Crippen LogP) is 1.49. The Bertz CT molecular complexity index is 586. The van der Waals surface area contributed by atoms with E-state index in [1.54, 1.807) is 17.9 Å². The normalized spacial score (nSPS) is 22.1. The van der Waals surface area contributed by atoms with Crippen LogP contribution >= 0.6 is 0 Å². The van der Waals surface area contributed by atoms with Gasteiger partial charge in [0.15, 0.2) is 0 Å². The van der Waals surface area contributed by atoms with Crippen molar-refractivity contribution in [3.63, 3.8) is 0 Å². The van der Waals surface area contributed by atoms with E-state index in [2.05, 4.69) is 4.98 Å². The number of nitrogens with two attached hydrogens (primary N) is 1. The molecule has 21 heavy (non-hydrogen) atoms. The van der Waals surface area contributed by atoms with Gasteiger partial charge in [0.05, 0.1) is 16.9 Å². The molecule has 114 valence electrons. The van der Waals surface area contributed by atoms with Crippen LogP contribution in [0.3, 0.4) is 0 Å². The average molecular weight is 291 g/mol. The highest BCUT2D eigenvalue weighted by molar-refractivity contribution is 6.00. The van der Waals surface area contributed by atoms with E-state index in [1.165, 1.54) is 0 Å². The van der Waals surface area contributed by atoms with Crippen LogP contribution < -0.4 is 10.6 Å². The fourth-order valence-electron chi connectivity index (χ4n) is 3.00. The molecule has 1 saturated heterocycles. The summed E-state index contributed by atoms with van der Waals surface area (Å²) in [4.78, 5) is 29.3. The number of pyridine rings is 1. The van der Waals surface area contributed by atoms with Gasteiger partial charge in [-0.25, -0.2) is 4.79 Å². The molecule has 2 atom stereocenters. The highest BCUT2D eigenvalue weighted by Crippen LogP contribution is 2.32. The van der Waals surface area contributed by atoms with Gasteiger partial charge in [0.1, 0.15) is 6.04 Å². The molecular weight excluding hydrogens is 270 g/mol. The van der Waals surface area contributed by atoms with Crippen molar-refractivity contribution in [3.8, 4) is 0 Å². The van der Waals surface area contributed by atoms with Gasteiger partial charge in [-0.2, -0.15) is 0 Å². The number of anilines is 1. The molecule has 3 N–H and O–H groups in total. The topological polar surface area (TPSA) is 96.5 Å². The van der Waals surface area contributed by atoms with Crippen LogP contribution in [0, 0.1) is 19.8 Å². The van der Waals surface area contributed by atoms with Gasteiger partial charge in [0.25, 0.3) is 5.91 Å². The second-order valence-corrected chi connectivity index (χ2v) is 5.78. The lowest BCUT2D eigenvalue weighted by Crippen LogP contribution is -2.47. The molecule has 0 spiro atoms. The minimum absolute atomic E-state index is 0.321. The summed E-state index contributed by atoms with van der Waals surface area (Å²) in [6, 6.07) is 1.12. The molecule has 1 aromatic rings. The summed E-state index contributed by atoms with van der Waals surface area (Å²) in [6.45, 7) is 6.19. The van der Waals surface area contributed by atoms with E-state index in [-0.39, 0.29) is 0 Å². The summed E-state index contributed by atoms with van der Waals surface area (Å²) in [5.41, 5.74) is 7.67. The largest absolute Gasteiger partial charge is 0.480 e. The third kappa shape index (κ3) is 2.99. The lowest BCUT2D eigenvalue weighted by atomic mass is 9.91. The van der Waals surface area contributed by atoms with Gasteiger partial charge >= 0.3 is 5.97 Å². The fraction of sp³-hybridized carbons (Fsp3) is 0.533. The quantitative estimate of drug-likeness (QED) is 0.879. The maximum atomic E-state index is 11.7. The van der Waals surface area contributed by atoms with E-state index in [9.17, 15) is 14.7 Å². The highest BCUT2D eigenvalue weighted by atomic mass is 16.4. The molecule has 0 aliphatic carbocycles. The summed E-state index contributed by atoms with van der Waals surface area (Å²) in [5.74, 6) is -1.09. The summed E-state index contributed by atoms with van der Waals surface area (Å²) < 4.78 is 0. The zero-order chi connectivity index (χ0) is 15.7. The van der Waals surface area contributed by atoms with Crippen LogP contribution in [0.15, 0.2) is 6.07 Å². The minimum atomic E-state index is -0.871. The summed E-state index contributed by atoms with van der Waals surface area (Å²) in [6.07, 6.45) is 1.45. The smallest absolute Gasteiger partial charge is 0.326 e. The SMILES string of the molecule is Cc1cc(N2CCC(C)CC2C(=O)O)c(C(N)=O)c(C)n1. The number of primary amides is 1. The maximum Gasteiger partial charge on any atom is 0.326 e. The van der Waals surface area contributed by atoms with Gasteiger partial charge in [0, 0.05) is 12.2 Å². The number of hydrogen-bond donors (Lipinski definition) is 2. The zero-order valence-corrected chi connectivity index (χ0v) is 12.6. The lowest BCUT2D eigenvalue weighted by molar-refractivity contribution is -0.139. The van der Waals surface area contributed by atoms with Gasteiger partial charge < -0.3 is 15.7 Å². The Balaban J connectivity index is 2.53. The molecule has 0 radical (unpaired) electrons. The van der Waals surface area contributed by atoms with Gasteiger partial charge in [0.2, 0.25) is 0 Å². The van der Waals surface area contributed by atoms with Crippen LogP contribution in [0.1, 0.15) is 41.5 Å². The number of carboxylic acid groups (broad SMARTS) is 1. The van der Waals surface area contributed by atoms with E-state index in [0.717, 1.165) is 12.1 Å². The number of rotatable bonds is 3. The maximum absolute atomic E-state index is 11.7. The number of nitrogens with zero attached hydrogens (tertiary/aromatic N) is 2. The van der Waals surface area contributed by atoms with E-state index < -0.39 is 17.9 Å². The number of aromatic nitrogens is 1. The molecule has 0 aromatic carbocycles. The van der Waals surface area contributed by atoms with Crippen LogP contribution in [0.4, 0.5) is 5.69 Å². The lowest BCUT2D eigenvalue weighted by Gasteiger charge is -2.38. The van der Waals surface area contributed by atoms with Crippen LogP contribution in [0.2, 0.25) is 0 Å². The third-order valence-electron chi connectivity index (χ3n) is 4.01. The minimum Gasteiger partial charge on any atom is -0.480 e. The molecule has 1 amide bonds. The number of aliphatic carboxylic acids is 1. The summed E-state index contributed by atoms with van der Waals surface area (Å²) in [5, 5.41) is 9.48. The van der Waals surface area contributed by atoms with Crippen LogP contribution in [-0.2, 0) is 4.79 Å². The Hall–Kier alpha value is -2.11. The van der Waals surface area contributed by atoms with Crippen molar-refractivity contribution < 1.29 is 14.7 Å². The molecule has 1 aromatic heterocycles. The Morgan fingerprint density at radius 3 is 2.67 bits per heavy atom. The summed E-state index contributed by atoms with van der Waals surface area (Å²) >= 11 is 0. The molecule has 1 aliphatic heterocycles. The van der Waals surface area contributed by atoms with Gasteiger partial charge in [-0.3, -0.25) is 9.78 Å². The molecule has 6 heteroatoms. The van der Waals surface area contributed by atoms with Gasteiger partial charge in [-0.15, -0.1) is 0 Å². The highest BCUT2D eigenvalue weighted by Gasteiger charge is 2.34.